The molecule has 1 unspecified atom stereocenters. The second kappa shape index (κ2) is 11.9. The predicted octanol–water partition coefficient (Wildman–Crippen LogP) is 8.76. The molecule has 0 saturated carbocycles. The van der Waals surface area contributed by atoms with Crippen molar-refractivity contribution in [2.75, 3.05) is 6.61 Å². The molecule has 3 rings (SSSR count). The van der Waals surface area contributed by atoms with Gasteiger partial charge < -0.3 is 4.74 Å². The molecule has 0 fully saturated rings. The van der Waals surface area contributed by atoms with E-state index in [9.17, 15) is 0 Å². The Morgan fingerprint density at radius 1 is 0.938 bits per heavy atom. The van der Waals surface area contributed by atoms with Crippen molar-refractivity contribution in [2.45, 2.75) is 90.4 Å². The van der Waals surface area contributed by atoms with E-state index in [2.05, 4.69) is 80.5 Å². The molecule has 32 heavy (non-hydrogen) atoms. The van der Waals surface area contributed by atoms with E-state index in [1.165, 1.54) is 48.9 Å². The predicted molar refractivity (Wildman–Crippen MR) is 143 cm³/mol. The maximum atomic E-state index is 6.10. The van der Waals surface area contributed by atoms with Gasteiger partial charge in [0.1, 0.15) is 15.8 Å². The number of ether oxygens (including phenoxy) is 1. The highest BCUT2D eigenvalue weighted by Crippen LogP contribution is 2.31. The SMILES string of the molecule is CCCCCCc1nnc(-c2ccc3cc(OCCC[Si](C)(C)C(C)CC)ccc3c2)s1. The maximum Gasteiger partial charge on any atom is 0.147 e. The summed E-state index contributed by atoms with van der Waals surface area (Å²) >= 11 is 1.73. The van der Waals surface area contributed by atoms with Gasteiger partial charge in [0.05, 0.1) is 14.7 Å². The van der Waals surface area contributed by atoms with Crippen LogP contribution >= 0.6 is 11.3 Å². The molecule has 2 aromatic carbocycles. The van der Waals surface area contributed by atoms with Gasteiger partial charge in [-0.2, -0.15) is 0 Å². The lowest BCUT2D eigenvalue weighted by molar-refractivity contribution is 0.317. The van der Waals surface area contributed by atoms with Crippen molar-refractivity contribution < 1.29 is 4.74 Å². The molecule has 0 amide bonds. The van der Waals surface area contributed by atoms with Crippen LogP contribution in [0.15, 0.2) is 36.4 Å². The van der Waals surface area contributed by atoms with E-state index < -0.39 is 8.07 Å². The third kappa shape index (κ3) is 6.89. The van der Waals surface area contributed by atoms with Gasteiger partial charge in [-0.05, 0) is 47.4 Å². The fraction of sp³-hybridized carbons (Fsp3) is 0.556. The smallest absolute Gasteiger partial charge is 0.147 e. The van der Waals surface area contributed by atoms with Gasteiger partial charge in [0, 0.05) is 12.0 Å². The summed E-state index contributed by atoms with van der Waals surface area (Å²) < 4.78 is 6.10. The van der Waals surface area contributed by atoms with Crippen LogP contribution in [0.5, 0.6) is 5.75 Å². The van der Waals surface area contributed by atoms with E-state index in [0.29, 0.717) is 0 Å². The van der Waals surface area contributed by atoms with Gasteiger partial charge in [0.25, 0.3) is 0 Å². The minimum Gasteiger partial charge on any atom is -0.494 e. The lowest BCUT2D eigenvalue weighted by Gasteiger charge is -2.29. The molecule has 0 saturated heterocycles. The molecule has 0 bridgehead atoms. The van der Waals surface area contributed by atoms with E-state index in [1.807, 2.05) is 0 Å². The summed E-state index contributed by atoms with van der Waals surface area (Å²) in [5, 5.41) is 13.5. The van der Waals surface area contributed by atoms with Crippen LogP contribution < -0.4 is 4.74 Å². The summed E-state index contributed by atoms with van der Waals surface area (Å²) in [6, 6.07) is 14.3. The molecule has 0 aliphatic rings. The lowest BCUT2D eigenvalue weighted by atomic mass is 10.1. The minimum atomic E-state index is -1.13. The van der Waals surface area contributed by atoms with E-state index in [1.54, 1.807) is 11.3 Å². The summed E-state index contributed by atoms with van der Waals surface area (Å²) in [5.74, 6) is 0.971. The Labute approximate surface area is 199 Å². The largest absolute Gasteiger partial charge is 0.494 e. The number of rotatable bonds is 13. The van der Waals surface area contributed by atoms with Crippen molar-refractivity contribution >= 4 is 30.2 Å². The van der Waals surface area contributed by atoms with Crippen LogP contribution in [-0.4, -0.2) is 24.9 Å². The first-order valence-corrected chi connectivity index (χ1v) is 16.5. The highest BCUT2D eigenvalue weighted by molar-refractivity contribution is 7.14. The van der Waals surface area contributed by atoms with Gasteiger partial charge in [0.2, 0.25) is 0 Å². The van der Waals surface area contributed by atoms with Gasteiger partial charge in [-0.3, -0.25) is 0 Å². The molecule has 0 aliphatic heterocycles. The zero-order chi connectivity index (χ0) is 23.0. The molecule has 0 N–H and O–H groups in total. The van der Waals surface area contributed by atoms with Gasteiger partial charge >= 0.3 is 0 Å². The highest BCUT2D eigenvalue weighted by Gasteiger charge is 2.26. The number of hydrogen-bond donors (Lipinski definition) is 0. The number of nitrogens with zero attached hydrogens (tertiary/aromatic N) is 2. The third-order valence-electron chi connectivity index (χ3n) is 6.95. The van der Waals surface area contributed by atoms with Crippen molar-refractivity contribution in [1.82, 2.24) is 10.2 Å². The summed E-state index contributed by atoms with van der Waals surface area (Å²) in [4.78, 5) is 0. The zero-order valence-electron chi connectivity index (χ0n) is 20.6. The normalized spacial score (nSPS) is 12.9. The minimum absolute atomic E-state index is 0.808. The first-order chi connectivity index (χ1) is 15.4. The number of hydrogen-bond acceptors (Lipinski definition) is 4. The number of aromatic nitrogens is 2. The lowest BCUT2D eigenvalue weighted by Crippen LogP contribution is -2.30. The van der Waals surface area contributed by atoms with Crippen molar-refractivity contribution in [2.24, 2.45) is 0 Å². The average molecular weight is 469 g/mol. The highest BCUT2D eigenvalue weighted by atomic mass is 32.1. The molecule has 1 heterocycles. The Kier molecular flexibility index (Phi) is 9.30. The third-order valence-corrected chi connectivity index (χ3v) is 12.7. The molecular weight excluding hydrogens is 428 g/mol. The van der Waals surface area contributed by atoms with Crippen LogP contribution in [0.3, 0.4) is 0 Å². The molecule has 3 nitrogen and oxygen atoms in total. The Morgan fingerprint density at radius 3 is 2.50 bits per heavy atom. The molecule has 5 heteroatoms. The number of unbranched alkanes of at least 4 members (excludes halogenated alkanes) is 3. The molecule has 0 radical (unpaired) electrons. The Morgan fingerprint density at radius 2 is 1.72 bits per heavy atom. The van der Waals surface area contributed by atoms with Crippen LogP contribution in [-0.2, 0) is 6.42 Å². The van der Waals surface area contributed by atoms with Crippen LogP contribution in [0.25, 0.3) is 21.3 Å². The fourth-order valence-corrected chi connectivity index (χ4v) is 7.67. The zero-order valence-corrected chi connectivity index (χ0v) is 22.4. The van der Waals surface area contributed by atoms with Crippen LogP contribution in [0.2, 0.25) is 24.7 Å². The maximum absolute atomic E-state index is 6.10. The van der Waals surface area contributed by atoms with Crippen molar-refractivity contribution in [3.8, 4) is 16.3 Å². The summed E-state index contributed by atoms with van der Waals surface area (Å²) in [7, 11) is -1.13. The van der Waals surface area contributed by atoms with Gasteiger partial charge in [-0.15, -0.1) is 10.2 Å². The van der Waals surface area contributed by atoms with E-state index in [0.717, 1.165) is 46.3 Å². The molecule has 0 aliphatic carbocycles. The van der Waals surface area contributed by atoms with Crippen molar-refractivity contribution in [1.29, 1.82) is 0 Å². The first kappa shape index (κ1) is 24.9. The number of aryl methyl sites for hydroxylation is 1. The summed E-state index contributed by atoms with van der Waals surface area (Å²) in [5.41, 5.74) is 2.03. The molecule has 0 spiro atoms. The Balaban J connectivity index is 1.57. The summed E-state index contributed by atoms with van der Waals surface area (Å²) in [6.07, 6.45) is 8.55. The van der Waals surface area contributed by atoms with Crippen molar-refractivity contribution in [3.05, 3.63) is 41.4 Å². The fourth-order valence-electron chi connectivity index (χ4n) is 4.14. The Hall–Kier alpha value is -1.72. The number of benzene rings is 2. The average Bonchev–Trinajstić information content (AvgIpc) is 3.27. The quantitative estimate of drug-likeness (QED) is 0.186. The second-order valence-corrected chi connectivity index (χ2v) is 16.3. The van der Waals surface area contributed by atoms with Crippen molar-refractivity contribution in [3.63, 3.8) is 0 Å². The van der Waals surface area contributed by atoms with Crippen LogP contribution in [0.4, 0.5) is 0 Å². The summed E-state index contributed by atoms with van der Waals surface area (Å²) in [6.45, 7) is 12.8. The van der Waals surface area contributed by atoms with E-state index in [4.69, 9.17) is 4.74 Å². The van der Waals surface area contributed by atoms with Crippen LogP contribution in [0.1, 0.15) is 64.3 Å². The second-order valence-electron chi connectivity index (χ2n) is 9.79. The first-order valence-electron chi connectivity index (χ1n) is 12.4. The van der Waals surface area contributed by atoms with E-state index >= 15 is 0 Å². The monoisotopic (exact) mass is 468 g/mol. The van der Waals surface area contributed by atoms with Gasteiger partial charge in [0.15, 0.2) is 0 Å². The van der Waals surface area contributed by atoms with Gasteiger partial charge in [-0.1, -0.05) is 95.1 Å². The molecule has 1 aromatic heterocycles. The topological polar surface area (TPSA) is 35.0 Å². The Bertz CT molecular complexity index is 985. The molecular formula is C27H40N2OSSi. The van der Waals surface area contributed by atoms with Crippen LogP contribution in [0, 0.1) is 0 Å². The molecule has 174 valence electrons. The van der Waals surface area contributed by atoms with E-state index in [-0.39, 0.29) is 0 Å². The number of fused-ring (bicyclic) bond motifs is 1. The molecule has 1 atom stereocenters. The molecule has 3 aromatic rings. The standard InChI is InChI=1S/C27H40N2OSSi/c1-6-8-9-10-12-26-28-29-27(31-26)24-14-13-23-20-25(16-15-22(23)19-24)30-17-11-18-32(4,5)21(3)7-2/h13-16,19-21H,6-12,17-18H2,1-5H3. The van der Waals surface area contributed by atoms with Gasteiger partial charge in [-0.25, -0.2) is 0 Å².